The van der Waals surface area contributed by atoms with Gasteiger partial charge in [0.1, 0.15) is 0 Å². The minimum atomic E-state index is -0.802. The van der Waals surface area contributed by atoms with Crippen molar-refractivity contribution >= 4 is 23.3 Å². The van der Waals surface area contributed by atoms with E-state index in [4.69, 9.17) is 16.7 Å². The summed E-state index contributed by atoms with van der Waals surface area (Å²) in [7, 11) is 0. The van der Waals surface area contributed by atoms with Crippen LogP contribution in [0.25, 0.3) is 0 Å². The second-order valence-corrected chi connectivity index (χ2v) is 5.78. The van der Waals surface area contributed by atoms with E-state index in [-0.39, 0.29) is 0 Å². The molecule has 4 heteroatoms. The van der Waals surface area contributed by atoms with Gasteiger partial charge in [-0.1, -0.05) is 35.9 Å². The van der Waals surface area contributed by atoms with Crippen molar-refractivity contribution in [3.05, 3.63) is 64.7 Å². The topological polar surface area (TPSA) is 49.3 Å². The molecule has 116 valence electrons. The molecule has 2 aromatic rings. The molecule has 2 aromatic carbocycles. The lowest BCUT2D eigenvalue weighted by Gasteiger charge is -2.10. The van der Waals surface area contributed by atoms with Gasteiger partial charge in [-0.05, 0) is 55.2 Å². The fourth-order valence-corrected chi connectivity index (χ4v) is 2.33. The van der Waals surface area contributed by atoms with E-state index in [0.29, 0.717) is 0 Å². The highest BCUT2D eigenvalue weighted by molar-refractivity contribution is 6.30. The van der Waals surface area contributed by atoms with Crippen LogP contribution in [0.3, 0.4) is 0 Å². The van der Waals surface area contributed by atoms with E-state index in [9.17, 15) is 4.79 Å². The fourth-order valence-electron chi connectivity index (χ4n) is 2.21. The van der Waals surface area contributed by atoms with Crippen molar-refractivity contribution in [3.63, 3.8) is 0 Å². The Kier molecular flexibility index (Phi) is 5.84. The number of aliphatic carboxylic acids is 1. The smallest absolute Gasteiger partial charge is 0.310 e. The van der Waals surface area contributed by atoms with E-state index in [1.807, 2.05) is 48.5 Å². The Morgan fingerprint density at radius 3 is 2.36 bits per heavy atom. The molecule has 0 unspecified atom stereocenters. The summed E-state index contributed by atoms with van der Waals surface area (Å²) in [5.41, 5.74) is 3.11. The van der Waals surface area contributed by atoms with Gasteiger partial charge in [-0.15, -0.1) is 0 Å². The molecule has 0 fully saturated rings. The van der Waals surface area contributed by atoms with Crippen LogP contribution in [0.1, 0.15) is 30.4 Å². The predicted molar refractivity (Wildman–Crippen MR) is 90.8 cm³/mol. The first-order valence-electron chi connectivity index (χ1n) is 7.37. The minimum absolute atomic E-state index is 0.473. The maximum atomic E-state index is 10.9. The fraction of sp³-hybridized carbons (Fsp3) is 0.278. The third-order valence-electron chi connectivity index (χ3n) is 3.67. The quantitative estimate of drug-likeness (QED) is 0.735. The largest absolute Gasteiger partial charge is 0.481 e. The molecule has 0 saturated heterocycles. The van der Waals surface area contributed by atoms with Crippen molar-refractivity contribution in [2.75, 3.05) is 11.9 Å². The molecule has 0 spiro atoms. The van der Waals surface area contributed by atoms with Crippen LogP contribution < -0.4 is 5.32 Å². The molecule has 1 atom stereocenters. The van der Waals surface area contributed by atoms with Gasteiger partial charge in [0.15, 0.2) is 0 Å². The van der Waals surface area contributed by atoms with E-state index in [1.165, 1.54) is 5.56 Å². The number of carboxylic acid groups (broad SMARTS) is 1. The van der Waals surface area contributed by atoms with Crippen LogP contribution in [0.4, 0.5) is 5.69 Å². The molecule has 0 heterocycles. The van der Waals surface area contributed by atoms with Crippen LogP contribution in [-0.4, -0.2) is 17.6 Å². The van der Waals surface area contributed by atoms with Crippen molar-refractivity contribution in [2.24, 2.45) is 0 Å². The Hall–Kier alpha value is -2.00. The Morgan fingerprint density at radius 1 is 1.14 bits per heavy atom. The van der Waals surface area contributed by atoms with Crippen molar-refractivity contribution in [1.82, 2.24) is 0 Å². The lowest BCUT2D eigenvalue weighted by atomic mass is 10.0. The molecule has 0 aliphatic rings. The summed E-state index contributed by atoms with van der Waals surface area (Å²) in [5, 5.41) is 13.1. The number of hydrogen-bond donors (Lipinski definition) is 2. The molecule has 0 aliphatic heterocycles. The third-order valence-corrected chi connectivity index (χ3v) is 3.92. The average molecular weight is 318 g/mol. The minimum Gasteiger partial charge on any atom is -0.481 e. The lowest BCUT2D eigenvalue weighted by molar-refractivity contribution is -0.138. The standard InChI is InChI=1S/C18H20ClNO2/c1-13(18(21)22)15-6-10-17(11-7-15)20-12-2-3-14-4-8-16(19)9-5-14/h4-11,13,20H,2-3,12H2,1H3,(H,21,22)/t13-/m1/s1. The van der Waals surface area contributed by atoms with Gasteiger partial charge < -0.3 is 10.4 Å². The van der Waals surface area contributed by atoms with Crippen molar-refractivity contribution in [2.45, 2.75) is 25.7 Å². The van der Waals surface area contributed by atoms with Crippen molar-refractivity contribution < 1.29 is 9.90 Å². The maximum Gasteiger partial charge on any atom is 0.310 e. The Balaban J connectivity index is 1.77. The summed E-state index contributed by atoms with van der Waals surface area (Å²) in [6, 6.07) is 15.5. The van der Waals surface area contributed by atoms with Gasteiger partial charge in [-0.25, -0.2) is 0 Å². The predicted octanol–water partition coefficient (Wildman–Crippen LogP) is 4.57. The Bertz CT molecular complexity index is 608. The summed E-state index contributed by atoms with van der Waals surface area (Å²) >= 11 is 5.86. The molecule has 0 bridgehead atoms. The van der Waals surface area contributed by atoms with Crippen LogP contribution in [0.2, 0.25) is 5.02 Å². The van der Waals surface area contributed by atoms with Crippen LogP contribution in [0, 0.1) is 0 Å². The number of carboxylic acids is 1. The summed E-state index contributed by atoms with van der Waals surface area (Å²) in [5.74, 6) is -1.28. The highest BCUT2D eigenvalue weighted by atomic mass is 35.5. The molecule has 0 radical (unpaired) electrons. The lowest BCUT2D eigenvalue weighted by Crippen LogP contribution is -2.07. The number of nitrogens with one attached hydrogen (secondary N) is 1. The first-order valence-corrected chi connectivity index (χ1v) is 7.75. The second kappa shape index (κ2) is 7.85. The van der Waals surface area contributed by atoms with E-state index < -0.39 is 11.9 Å². The zero-order valence-electron chi connectivity index (χ0n) is 12.6. The van der Waals surface area contributed by atoms with Gasteiger partial charge >= 0.3 is 5.97 Å². The molecule has 22 heavy (non-hydrogen) atoms. The van der Waals surface area contributed by atoms with Crippen LogP contribution in [0.15, 0.2) is 48.5 Å². The number of carbonyl (C=O) groups is 1. The maximum absolute atomic E-state index is 10.9. The zero-order chi connectivity index (χ0) is 15.9. The van der Waals surface area contributed by atoms with Gasteiger partial charge in [0.25, 0.3) is 0 Å². The molecule has 0 saturated carbocycles. The van der Waals surface area contributed by atoms with Gasteiger partial charge in [0.05, 0.1) is 5.92 Å². The second-order valence-electron chi connectivity index (χ2n) is 5.34. The highest BCUT2D eigenvalue weighted by Gasteiger charge is 2.12. The number of aryl methyl sites for hydroxylation is 1. The van der Waals surface area contributed by atoms with Crippen LogP contribution >= 0.6 is 11.6 Å². The van der Waals surface area contributed by atoms with E-state index in [1.54, 1.807) is 6.92 Å². The summed E-state index contributed by atoms with van der Waals surface area (Å²) in [4.78, 5) is 10.9. The number of anilines is 1. The molecule has 0 aromatic heterocycles. The molecule has 0 aliphatic carbocycles. The van der Waals surface area contributed by atoms with Gasteiger partial charge in [-0.3, -0.25) is 4.79 Å². The van der Waals surface area contributed by atoms with Crippen molar-refractivity contribution in [1.29, 1.82) is 0 Å². The average Bonchev–Trinajstić information content (AvgIpc) is 2.53. The Morgan fingerprint density at radius 2 is 1.77 bits per heavy atom. The van der Waals surface area contributed by atoms with Crippen LogP contribution in [-0.2, 0) is 11.2 Å². The molecule has 0 amide bonds. The van der Waals surface area contributed by atoms with Gasteiger partial charge in [-0.2, -0.15) is 0 Å². The van der Waals surface area contributed by atoms with Gasteiger partial charge in [0.2, 0.25) is 0 Å². The first-order chi connectivity index (χ1) is 10.6. The van der Waals surface area contributed by atoms with E-state index >= 15 is 0 Å². The third kappa shape index (κ3) is 4.78. The summed E-state index contributed by atoms with van der Waals surface area (Å²) in [6.07, 6.45) is 2.02. The molecular weight excluding hydrogens is 298 g/mol. The molecule has 3 nitrogen and oxygen atoms in total. The summed E-state index contributed by atoms with van der Waals surface area (Å²) < 4.78 is 0. The monoisotopic (exact) mass is 317 g/mol. The van der Waals surface area contributed by atoms with E-state index in [0.717, 1.165) is 35.7 Å². The summed E-state index contributed by atoms with van der Waals surface area (Å²) in [6.45, 7) is 2.56. The van der Waals surface area contributed by atoms with Crippen LogP contribution in [0.5, 0.6) is 0 Å². The van der Waals surface area contributed by atoms with Gasteiger partial charge in [0, 0.05) is 17.3 Å². The SMILES string of the molecule is C[C@@H](C(=O)O)c1ccc(NCCCc2ccc(Cl)cc2)cc1. The number of benzene rings is 2. The van der Waals surface area contributed by atoms with E-state index in [2.05, 4.69) is 5.32 Å². The molecular formula is C18H20ClNO2. The number of hydrogen-bond acceptors (Lipinski definition) is 2. The molecule has 2 rings (SSSR count). The number of halogens is 1. The molecule has 2 N–H and O–H groups in total. The first kappa shape index (κ1) is 16.4. The highest BCUT2D eigenvalue weighted by Crippen LogP contribution is 2.18. The number of rotatable bonds is 7. The van der Waals surface area contributed by atoms with Crippen molar-refractivity contribution in [3.8, 4) is 0 Å². The Labute approximate surface area is 135 Å². The zero-order valence-corrected chi connectivity index (χ0v) is 13.3. The normalized spacial score (nSPS) is 11.9.